The summed E-state index contributed by atoms with van der Waals surface area (Å²) in [6, 6.07) is 12.3. The monoisotopic (exact) mass is 452 g/mol. The number of fused-ring (bicyclic) bond motifs is 1. The minimum Gasteiger partial charge on any atom is -0.508 e. The molecule has 0 aliphatic heterocycles. The van der Waals surface area contributed by atoms with Crippen molar-refractivity contribution < 1.29 is 37.4 Å². The standard InChI is InChI=1S/C19H18N2O4.C2HF3O2/c1-11-8-18(23)25-17-10-13(4-7-15(11)17)21-19(24)16(20)9-12-2-5-14(22)6-3-12;3-2(4,5)1(6)7/h2-8,10,16,22H,9,20H2,1H3,(H,21,24);(H,6,7)/t16-;/m0./s1. The number of carboxylic acid groups (broad SMARTS) is 1. The normalized spacial score (nSPS) is 11.9. The number of phenols is 1. The van der Waals surface area contributed by atoms with Gasteiger partial charge in [-0.2, -0.15) is 13.2 Å². The Morgan fingerprint density at radius 2 is 1.72 bits per heavy atom. The largest absolute Gasteiger partial charge is 0.508 e. The Bertz CT molecular complexity index is 1170. The first-order chi connectivity index (χ1) is 14.9. The summed E-state index contributed by atoms with van der Waals surface area (Å²) in [5.41, 5.74) is 8.09. The summed E-state index contributed by atoms with van der Waals surface area (Å²) in [7, 11) is 0. The average Bonchev–Trinajstić information content (AvgIpc) is 2.69. The molecule has 32 heavy (non-hydrogen) atoms. The Morgan fingerprint density at radius 1 is 1.12 bits per heavy atom. The molecule has 2 aromatic carbocycles. The molecule has 3 rings (SSSR count). The number of amides is 1. The van der Waals surface area contributed by atoms with Gasteiger partial charge in [0.25, 0.3) is 0 Å². The van der Waals surface area contributed by atoms with E-state index in [1.54, 1.807) is 42.5 Å². The molecule has 1 heterocycles. The molecule has 11 heteroatoms. The Hall–Kier alpha value is -3.86. The second-order valence-electron chi connectivity index (χ2n) is 6.73. The van der Waals surface area contributed by atoms with Gasteiger partial charge in [-0.05, 0) is 48.7 Å². The smallest absolute Gasteiger partial charge is 0.490 e. The van der Waals surface area contributed by atoms with Crippen LogP contribution in [0.4, 0.5) is 18.9 Å². The maximum absolute atomic E-state index is 12.3. The van der Waals surface area contributed by atoms with Gasteiger partial charge in [0.15, 0.2) is 0 Å². The summed E-state index contributed by atoms with van der Waals surface area (Å²) in [5.74, 6) is -2.94. The number of aromatic hydroxyl groups is 1. The first kappa shape index (κ1) is 24.4. The average molecular weight is 452 g/mol. The van der Waals surface area contributed by atoms with Crippen molar-refractivity contribution in [2.24, 2.45) is 5.73 Å². The van der Waals surface area contributed by atoms with Crippen LogP contribution in [0.3, 0.4) is 0 Å². The Labute approximate surface area is 179 Å². The molecule has 0 unspecified atom stereocenters. The Balaban J connectivity index is 0.000000451. The lowest BCUT2D eigenvalue weighted by Gasteiger charge is -2.13. The second-order valence-corrected chi connectivity index (χ2v) is 6.73. The van der Waals surface area contributed by atoms with Crippen LogP contribution < -0.4 is 16.7 Å². The first-order valence-electron chi connectivity index (χ1n) is 9.06. The van der Waals surface area contributed by atoms with Crippen molar-refractivity contribution in [3.05, 3.63) is 70.1 Å². The third kappa shape index (κ3) is 6.84. The molecule has 0 spiro atoms. The van der Waals surface area contributed by atoms with Gasteiger partial charge in [-0.1, -0.05) is 12.1 Å². The molecule has 8 nitrogen and oxygen atoms in total. The summed E-state index contributed by atoms with van der Waals surface area (Å²) in [6.45, 7) is 1.82. The van der Waals surface area contributed by atoms with Crippen LogP contribution in [0.15, 0.2) is 57.7 Å². The van der Waals surface area contributed by atoms with Crippen molar-refractivity contribution in [2.45, 2.75) is 25.6 Å². The van der Waals surface area contributed by atoms with E-state index >= 15 is 0 Å². The number of nitrogens with one attached hydrogen (secondary N) is 1. The van der Waals surface area contributed by atoms with E-state index in [0.717, 1.165) is 16.5 Å². The van der Waals surface area contributed by atoms with Crippen molar-refractivity contribution in [3.63, 3.8) is 0 Å². The molecule has 1 aromatic heterocycles. The van der Waals surface area contributed by atoms with Gasteiger partial charge in [-0.15, -0.1) is 0 Å². The van der Waals surface area contributed by atoms with E-state index in [1.165, 1.54) is 6.07 Å². The van der Waals surface area contributed by atoms with Crippen molar-refractivity contribution >= 4 is 28.5 Å². The predicted octanol–water partition coefficient (Wildman–Crippen LogP) is 2.95. The molecule has 170 valence electrons. The van der Waals surface area contributed by atoms with E-state index in [0.29, 0.717) is 17.7 Å². The van der Waals surface area contributed by atoms with E-state index in [2.05, 4.69) is 5.32 Å². The SMILES string of the molecule is Cc1cc(=O)oc2cc(NC(=O)[C@@H](N)Cc3ccc(O)cc3)ccc12.O=C(O)C(F)(F)F. The number of benzene rings is 2. The number of carbonyl (C=O) groups is 2. The molecular weight excluding hydrogens is 433 g/mol. The molecule has 0 fully saturated rings. The number of rotatable bonds is 4. The van der Waals surface area contributed by atoms with Crippen LogP contribution in [0.25, 0.3) is 11.0 Å². The van der Waals surface area contributed by atoms with E-state index < -0.39 is 23.8 Å². The third-order valence-electron chi connectivity index (χ3n) is 4.19. The highest BCUT2D eigenvalue weighted by Gasteiger charge is 2.38. The molecular formula is C21H19F3N2O6. The molecule has 0 aliphatic carbocycles. The third-order valence-corrected chi connectivity index (χ3v) is 4.19. The molecule has 1 amide bonds. The highest BCUT2D eigenvalue weighted by Crippen LogP contribution is 2.21. The van der Waals surface area contributed by atoms with Crippen LogP contribution in [-0.2, 0) is 16.0 Å². The number of hydrogen-bond acceptors (Lipinski definition) is 6. The lowest BCUT2D eigenvalue weighted by Crippen LogP contribution is -2.37. The fraction of sp³-hybridized carbons (Fsp3) is 0.190. The number of phenolic OH excluding ortho intramolecular Hbond substituents is 1. The number of aliphatic carboxylic acids is 1. The predicted molar refractivity (Wildman–Crippen MR) is 109 cm³/mol. The quantitative estimate of drug-likeness (QED) is 0.446. The van der Waals surface area contributed by atoms with Crippen molar-refractivity contribution in [1.29, 1.82) is 0 Å². The van der Waals surface area contributed by atoms with Crippen molar-refractivity contribution in [3.8, 4) is 5.75 Å². The number of carbonyl (C=O) groups excluding carboxylic acids is 1. The fourth-order valence-corrected chi connectivity index (χ4v) is 2.62. The molecule has 0 bridgehead atoms. The summed E-state index contributed by atoms with van der Waals surface area (Å²) in [4.78, 5) is 32.7. The van der Waals surface area contributed by atoms with Crippen molar-refractivity contribution in [2.75, 3.05) is 5.32 Å². The number of halogens is 3. The summed E-state index contributed by atoms with van der Waals surface area (Å²) in [6.07, 6.45) is -4.74. The molecule has 1 atom stereocenters. The summed E-state index contributed by atoms with van der Waals surface area (Å²) in [5, 5.41) is 19.9. The van der Waals surface area contributed by atoms with E-state index in [4.69, 9.17) is 20.1 Å². The number of carboxylic acids is 1. The maximum atomic E-state index is 12.3. The van der Waals surface area contributed by atoms with Gasteiger partial charge < -0.3 is 25.7 Å². The summed E-state index contributed by atoms with van der Waals surface area (Å²) < 4.78 is 36.9. The zero-order valence-corrected chi connectivity index (χ0v) is 16.6. The molecule has 0 radical (unpaired) electrons. The van der Waals surface area contributed by atoms with E-state index in [-0.39, 0.29) is 11.7 Å². The fourth-order valence-electron chi connectivity index (χ4n) is 2.62. The van der Waals surface area contributed by atoms with Crippen LogP contribution >= 0.6 is 0 Å². The number of nitrogens with two attached hydrogens (primary N) is 1. The number of aryl methyl sites for hydroxylation is 1. The minimum absolute atomic E-state index is 0.162. The lowest BCUT2D eigenvalue weighted by molar-refractivity contribution is -0.192. The van der Waals surface area contributed by atoms with Gasteiger partial charge in [0, 0.05) is 23.2 Å². The number of anilines is 1. The maximum Gasteiger partial charge on any atom is 0.490 e. The Kier molecular flexibility index (Phi) is 7.60. The second kappa shape index (κ2) is 9.96. The summed E-state index contributed by atoms with van der Waals surface area (Å²) >= 11 is 0. The minimum atomic E-state index is -5.08. The van der Waals surface area contributed by atoms with Gasteiger partial charge in [-0.25, -0.2) is 9.59 Å². The van der Waals surface area contributed by atoms with Gasteiger partial charge >= 0.3 is 17.8 Å². The molecule has 0 saturated heterocycles. The topological polar surface area (TPSA) is 143 Å². The Morgan fingerprint density at radius 3 is 2.28 bits per heavy atom. The van der Waals surface area contributed by atoms with Gasteiger partial charge in [-0.3, -0.25) is 4.79 Å². The molecule has 0 saturated carbocycles. The van der Waals surface area contributed by atoms with Crippen LogP contribution in [0, 0.1) is 6.92 Å². The zero-order valence-electron chi connectivity index (χ0n) is 16.6. The highest BCUT2D eigenvalue weighted by molar-refractivity contribution is 5.96. The lowest BCUT2D eigenvalue weighted by atomic mass is 10.1. The van der Waals surface area contributed by atoms with Gasteiger partial charge in [0.2, 0.25) is 5.91 Å². The first-order valence-corrected chi connectivity index (χ1v) is 9.06. The van der Waals surface area contributed by atoms with Crippen LogP contribution in [0.2, 0.25) is 0 Å². The van der Waals surface area contributed by atoms with E-state index in [1.807, 2.05) is 6.92 Å². The highest BCUT2D eigenvalue weighted by atomic mass is 19.4. The number of hydrogen-bond donors (Lipinski definition) is 4. The number of alkyl halides is 3. The van der Waals surface area contributed by atoms with E-state index in [9.17, 15) is 27.9 Å². The zero-order chi connectivity index (χ0) is 24.1. The van der Waals surface area contributed by atoms with Gasteiger partial charge in [0.1, 0.15) is 11.3 Å². The molecule has 3 aromatic rings. The van der Waals surface area contributed by atoms with Crippen molar-refractivity contribution in [1.82, 2.24) is 0 Å². The van der Waals surface area contributed by atoms with Gasteiger partial charge in [0.05, 0.1) is 6.04 Å². The van der Waals surface area contributed by atoms with Crippen LogP contribution in [0.1, 0.15) is 11.1 Å². The van der Waals surface area contributed by atoms with Crippen LogP contribution in [-0.4, -0.2) is 34.3 Å². The molecule has 5 N–H and O–H groups in total. The molecule has 0 aliphatic rings. The van der Waals surface area contributed by atoms with Crippen LogP contribution in [0.5, 0.6) is 5.75 Å².